The molecule has 0 radical (unpaired) electrons. The van der Waals surface area contributed by atoms with Gasteiger partial charge in [-0.3, -0.25) is 0 Å². The molecule has 0 spiro atoms. The number of aromatic nitrogens is 2. The Labute approximate surface area is 165 Å². The Kier molecular flexibility index (Phi) is 6.57. The third kappa shape index (κ3) is 4.85. The Morgan fingerprint density at radius 3 is 2.54 bits per heavy atom. The maximum Gasteiger partial charge on any atom is 0.340 e. The molecule has 28 heavy (non-hydrogen) atoms. The number of carbonyl (C=O) groups is 1. The first-order valence-corrected chi connectivity index (χ1v) is 9.36. The molecule has 0 aliphatic heterocycles. The van der Waals surface area contributed by atoms with E-state index in [1.807, 2.05) is 36.4 Å². The van der Waals surface area contributed by atoms with Gasteiger partial charge < -0.3 is 15.0 Å². The van der Waals surface area contributed by atoms with E-state index in [2.05, 4.69) is 39.2 Å². The van der Waals surface area contributed by atoms with E-state index in [1.165, 1.54) is 5.56 Å². The molecule has 1 aromatic heterocycles. The Balaban J connectivity index is 1.81. The van der Waals surface area contributed by atoms with Crippen LogP contribution in [0, 0.1) is 0 Å². The van der Waals surface area contributed by atoms with Crippen molar-refractivity contribution in [2.75, 3.05) is 23.4 Å². The van der Waals surface area contributed by atoms with Crippen LogP contribution < -0.4 is 10.2 Å². The van der Waals surface area contributed by atoms with Gasteiger partial charge in [-0.1, -0.05) is 42.5 Å². The molecule has 6 nitrogen and oxygen atoms in total. The molecule has 0 saturated heterocycles. The number of ether oxygens (including phenoxy) is 1. The Morgan fingerprint density at radius 2 is 1.79 bits per heavy atom. The Bertz CT molecular complexity index is 915. The van der Waals surface area contributed by atoms with Crippen LogP contribution in [-0.4, -0.2) is 29.1 Å². The quantitative estimate of drug-likeness (QED) is 0.587. The van der Waals surface area contributed by atoms with Crippen molar-refractivity contribution in [1.82, 2.24) is 9.97 Å². The molecule has 1 heterocycles. The fourth-order valence-corrected chi connectivity index (χ4v) is 2.82. The molecule has 3 aromatic rings. The summed E-state index contributed by atoms with van der Waals surface area (Å²) in [5, 5.41) is 3.22. The summed E-state index contributed by atoms with van der Waals surface area (Å²) in [6.45, 7) is 5.69. The van der Waals surface area contributed by atoms with Crippen molar-refractivity contribution in [3.8, 4) is 0 Å². The van der Waals surface area contributed by atoms with E-state index in [0.29, 0.717) is 29.6 Å². The molecule has 3 rings (SSSR count). The zero-order valence-electron chi connectivity index (χ0n) is 16.1. The fourth-order valence-electron chi connectivity index (χ4n) is 2.82. The number of nitrogens with zero attached hydrogens (tertiary/aromatic N) is 3. The van der Waals surface area contributed by atoms with Gasteiger partial charge in [-0.15, -0.1) is 0 Å². The predicted octanol–water partition coefficient (Wildman–Crippen LogP) is 4.42. The van der Waals surface area contributed by atoms with E-state index in [1.54, 1.807) is 25.3 Å². The highest BCUT2D eigenvalue weighted by molar-refractivity contribution is 5.96. The minimum atomic E-state index is -0.362. The van der Waals surface area contributed by atoms with Crippen molar-refractivity contribution in [2.45, 2.75) is 20.4 Å². The minimum Gasteiger partial charge on any atom is -0.462 e. The zero-order valence-corrected chi connectivity index (χ0v) is 16.1. The monoisotopic (exact) mass is 376 g/mol. The molecule has 0 fully saturated rings. The summed E-state index contributed by atoms with van der Waals surface area (Å²) in [4.78, 5) is 23.3. The van der Waals surface area contributed by atoms with Crippen LogP contribution >= 0.6 is 0 Å². The molecular weight excluding hydrogens is 352 g/mol. The van der Waals surface area contributed by atoms with Gasteiger partial charge in [0.1, 0.15) is 5.82 Å². The lowest BCUT2D eigenvalue weighted by atomic mass is 10.2. The van der Waals surface area contributed by atoms with E-state index < -0.39 is 0 Å². The van der Waals surface area contributed by atoms with E-state index in [9.17, 15) is 4.79 Å². The van der Waals surface area contributed by atoms with Gasteiger partial charge >= 0.3 is 5.97 Å². The molecule has 1 N–H and O–H groups in total. The largest absolute Gasteiger partial charge is 0.462 e. The normalized spacial score (nSPS) is 10.4. The molecule has 2 aromatic carbocycles. The summed E-state index contributed by atoms with van der Waals surface area (Å²) in [5.74, 6) is 0.886. The summed E-state index contributed by atoms with van der Waals surface area (Å²) in [6, 6.07) is 19.2. The molecule has 0 atom stereocenters. The number of para-hydroxylation sites is 1. The number of carbonyl (C=O) groups excluding carboxylic acids is 1. The second-order valence-electron chi connectivity index (χ2n) is 6.13. The predicted molar refractivity (Wildman–Crippen MR) is 111 cm³/mol. The van der Waals surface area contributed by atoms with E-state index in [-0.39, 0.29) is 5.97 Å². The van der Waals surface area contributed by atoms with Gasteiger partial charge in [-0.05, 0) is 37.6 Å². The van der Waals surface area contributed by atoms with E-state index >= 15 is 0 Å². The maximum atomic E-state index is 12.2. The SMILES string of the molecule is CCOC(=O)c1ccccc1Nc1ccnc(N(CC)Cc2ccccc2)n1. The second kappa shape index (κ2) is 9.50. The van der Waals surface area contributed by atoms with Crippen molar-refractivity contribution in [3.05, 3.63) is 78.0 Å². The van der Waals surface area contributed by atoms with Crippen LogP contribution in [-0.2, 0) is 11.3 Å². The highest BCUT2D eigenvalue weighted by Crippen LogP contribution is 2.22. The number of benzene rings is 2. The third-order valence-electron chi connectivity index (χ3n) is 4.21. The van der Waals surface area contributed by atoms with Gasteiger partial charge in [-0.25, -0.2) is 9.78 Å². The van der Waals surface area contributed by atoms with Gasteiger partial charge in [-0.2, -0.15) is 4.98 Å². The Morgan fingerprint density at radius 1 is 1.04 bits per heavy atom. The summed E-state index contributed by atoms with van der Waals surface area (Å²) < 4.78 is 5.13. The van der Waals surface area contributed by atoms with Crippen LogP contribution in [0.15, 0.2) is 66.9 Å². The van der Waals surface area contributed by atoms with Crippen molar-refractivity contribution in [2.24, 2.45) is 0 Å². The fraction of sp³-hybridized carbons (Fsp3) is 0.227. The van der Waals surface area contributed by atoms with Gasteiger partial charge in [0.25, 0.3) is 0 Å². The first-order chi connectivity index (χ1) is 13.7. The lowest BCUT2D eigenvalue weighted by Gasteiger charge is -2.21. The van der Waals surface area contributed by atoms with Crippen molar-refractivity contribution < 1.29 is 9.53 Å². The molecule has 144 valence electrons. The molecule has 0 bridgehead atoms. The number of rotatable bonds is 8. The first-order valence-electron chi connectivity index (χ1n) is 9.36. The van der Waals surface area contributed by atoms with Crippen LogP contribution in [0.2, 0.25) is 0 Å². The van der Waals surface area contributed by atoms with Crippen LogP contribution in [0.5, 0.6) is 0 Å². The lowest BCUT2D eigenvalue weighted by Crippen LogP contribution is -2.24. The molecule has 0 aliphatic rings. The maximum absolute atomic E-state index is 12.2. The van der Waals surface area contributed by atoms with Crippen molar-refractivity contribution in [1.29, 1.82) is 0 Å². The summed E-state index contributed by atoms with van der Waals surface area (Å²) in [7, 11) is 0. The average Bonchev–Trinajstić information content (AvgIpc) is 2.73. The molecule has 6 heteroatoms. The molecule has 0 saturated carbocycles. The van der Waals surface area contributed by atoms with Gasteiger partial charge in [0, 0.05) is 19.3 Å². The van der Waals surface area contributed by atoms with E-state index in [4.69, 9.17) is 4.74 Å². The number of hydrogen-bond acceptors (Lipinski definition) is 6. The third-order valence-corrected chi connectivity index (χ3v) is 4.21. The molecular formula is C22H24N4O2. The van der Waals surface area contributed by atoms with Crippen molar-refractivity contribution >= 4 is 23.4 Å². The van der Waals surface area contributed by atoms with Crippen LogP contribution in [0.1, 0.15) is 29.8 Å². The first kappa shape index (κ1) is 19.4. The Hall–Kier alpha value is -3.41. The molecule has 0 aliphatic carbocycles. The average molecular weight is 376 g/mol. The summed E-state index contributed by atoms with van der Waals surface area (Å²) >= 11 is 0. The lowest BCUT2D eigenvalue weighted by molar-refractivity contribution is 0.0527. The van der Waals surface area contributed by atoms with Gasteiger partial charge in [0.15, 0.2) is 0 Å². The molecule has 0 unspecified atom stereocenters. The number of nitrogens with one attached hydrogen (secondary N) is 1. The van der Waals surface area contributed by atoms with E-state index in [0.717, 1.165) is 13.1 Å². The zero-order chi connectivity index (χ0) is 19.8. The standard InChI is InChI=1S/C22H24N4O2/c1-3-26(16-17-10-6-5-7-11-17)22-23-15-14-20(25-22)24-19-13-9-8-12-18(19)21(27)28-4-2/h5-15H,3-4,16H2,1-2H3,(H,23,24,25). The second-order valence-corrected chi connectivity index (χ2v) is 6.13. The number of hydrogen-bond donors (Lipinski definition) is 1. The van der Waals surface area contributed by atoms with Crippen LogP contribution in [0.4, 0.5) is 17.5 Å². The highest BCUT2D eigenvalue weighted by atomic mass is 16.5. The number of esters is 1. The van der Waals surface area contributed by atoms with Gasteiger partial charge in [0.05, 0.1) is 17.9 Å². The van der Waals surface area contributed by atoms with Crippen LogP contribution in [0.25, 0.3) is 0 Å². The van der Waals surface area contributed by atoms with Crippen molar-refractivity contribution in [3.63, 3.8) is 0 Å². The molecule has 0 amide bonds. The highest BCUT2D eigenvalue weighted by Gasteiger charge is 2.14. The topological polar surface area (TPSA) is 67.3 Å². The smallest absolute Gasteiger partial charge is 0.340 e. The number of anilines is 3. The minimum absolute atomic E-state index is 0.329. The summed E-state index contributed by atoms with van der Waals surface area (Å²) in [6.07, 6.45) is 1.71. The summed E-state index contributed by atoms with van der Waals surface area (Å²) in [5.41, 5.74) is 2.32. The van der Waals surface area contributed by atoms with Gasteiger partial charge in [0.2, 0.25) is 5.95 Å². The van der Waals surface area contributed by atoms with Crippen LogP contribution in [0.3, 0.4) is 0 Å².